The number of ether oxygens (including phenoxy) is 2. The number of hydrogen-bond acceptors (Lipinski definition) is 5. The maximum Gasteiger partial charge on any atom is 0.290 e. The molecule has 3 aliphatic heterocycles. The predicted molar refractivity (Wildman–Crippen MR) is 86.1 cm³/mol. The van der Waals surface area contributed by atoms with E-state index >= 15 is 0 Å². The Hall–Kier alpha value is -2.75. The molecule has 0 aromatic heterocycles. The van der Waals surface area contributed by atoms with Crippen molar-refractivity contribution in [1.82, 2.24) is 9.80 Å². The van der Waals surface area contributed by atoms with E-state index in [1.807, 2.05) is 0 Å². The molecule has 3 aliphatic rings. The predicted octanol–water partition coefficient (Wildman–Crippen LogP) is 0.847. The third-order valence-corrected chi connectivity index (χ3v) is 5.11. The highest BCUT2D eigenvalue weighted by atomic mass is 19.1. The first-order chi connectivity index (χ1) is 12.9. The fourth-order valence-electron chi connectivity index (χ4n) is 4.08. The monoisotopic (exact) mass is 384 g/mol. The average Bonchev–Trinajstić information content (AvgIpc) is 3.26. The molecule has 3 fully saturated rings. The minimum absolute atomic E-state index is 0.0536. The van der Waals surface area contributed by atoms with Gasteiger partial charge in [0.05, 0.1) is 26.2 Å². The largest absolute Gasteiger partial charge is 0.491 e. The maximum absolute atomic E-state index is 13.9. The second-order valence-corrected chi connectivity index (χ2v) is 6.29. The van der Waals surface area contributed by atoms with Gasteiger partial charge in [0.1, 0.15) is 0 Å². The van der Waals surface area contributed by atoms with Crippen molar-refractivity contribution in [2.75, 3.05) is 26.8 Å². The number of carbonyl (C=O) groups is 3. The summed E-state index contributed by atoms with van der Waals surface area (Å²) in [7, 11) is 1.16. The minimum atomic E-state index is -0.934. The fourth-order valence-corrected chi connectivity index (χ4v) is 4.08. The van der Waals surface area contributed by atoms with Gasteiger partial charge in [-0.3, -0.25) is 14.4 Å². The molecule has 8 nitrogen and oxygen atoms in total. The van der Waals surface area contributed by atoms with Gasteiger partial charge in [-0.15, -0.1) is 0 Å². The summed E-state index contributed by atoms with van der Waals surface area (Å²) < 4.78 is 38.2. The number of amides is 2. The number of likely N-dealkylation sites (tertiary alicyclic amines) is 1. The first-order valence-corrected chi connectivity index (χ1v) is 8.26. The summed E-state index contributed by atoms with van der Waals surface area (Å²) in [5, 5.41) is 6.89. The van der Waals surface area contributed by atoms with Gasteiger partial charge >= 0.3 is 0 Å². The molecule has 0 radical (unpaired) electrons. The van der Waals surface area contributed by atoms with Crippen molar-refractivity contribution >= 4 is 18.3 Å². The fraction of sp³-hybridized carbons (Fsp3) is 0.471. The molecule has 0 unspecified atom stereocenters. The van der Waals surface area contributed by atoms with Crippen LogP contribution in [0.1, 0.15) is 23.2 Å². The molecule has 3 saturated heterocycles. The second-order valence-electron chi connectivity index (χ2n) is 6.29. The van der Waals surface area contributed by atoms with E-state index in [1.54, 1.807) is 4.90 Å². The summed E-state index contributed by atoms with van der Waals surface area (Å²) in [5.74, 6) is -2.96. The van der Waals surface area contributed by atoms with E-state index in [4.69, 9.17) is 14.6 Å². The molecule has 1 N–H and O–H groups in total. The number of rotatable bonds is 2. The molecule has 10 heteroatoms. The Bertz CT molecular complexity index is 766. The number of hydrogen-bond donors (Lipinski definition) is 1. The van der Waals surface area contributed by atoms with Crippen molar-refractivity contribution in [3.63, 3.8) is 0 Å². The van der Waals surface area contributed by atoms with E-state index < -0.39 is 35.1 Å². The normalized spacial score (nSPS) is 25.6. The number of methoxy groups -OCH3 is 1. The molecule has 2 atom stereocenters. The summed E-state index contributed by atoms with van der Waals surface area (Å²) in [6, 6.07) is 1.49. The quantitative estimate of drug-likeness (QED) is 0.760. The molecular weight excluding hydrogens is 366 g/mol. The standard InChI is InChI=1S/C16H16F2N2O4.CH2O2/c1-23-14-10(17)6-9(7-11(14)18)15(22)19-3-2-16-12(19)8-13(21)20(16)4-5-24-16;2-1-3/h6-7,12H,2-5,8H2,1H3;1H,(H,2,3)/t12-,16+;/m1./s1. The van der Waals surface area contributed by atoms with Gasteiger partial charge in [-0.05, 0) is 12.1 Å². The van der Waals surface area contributed by atoms with Crippen LogP contribution >= 0.6 is 0 Å². The third-order valence-electron chi connectivity index (χ3n) is 5.11. The van der Waals surface area contributed by atoms with Gasteiger partial charge in [0.25, 0.3) is 12.4 Å². The van der Waals surface area contributed by atoms with Crippen molar-refractivity contribution in [2.45, 2.75) is 24.6 Å². The van der Waals surface area contributed by atoms with Crippen LogP contribution in [0.3, 0.4) is 0 Å². The lowest BCUT2D eigenvalue weighted by atomic mass is 10.1. The lowest BCUT2D eigenvalue weighted by Gasteiger charge is -2.31. The summed E-state index contributed by atoms with van der Waals surface area (Å²) in [6.45, 7) is 1.09. The van der Waals surface area contributed by atoms with Crippen LogP contribution in [0.5, 0.6) is 5.75 Å². The Morgan fingerprint density at radius 1 is 1.37 bits per heavy atom. The summed E-state index contributed by atoms with van der Waals surface area (Å²) >= 11 is 0. The van der Waals surface area contributed by atoms with E-state index in [2.05, 4.69) is 4.74 Å². The van der Waals surface area contributed by atoms with Crippen LogP contribution in [0, 0.1) is 11.6 Å². The van der Waals surface area contributed by atoms with Gasteiger partial charge < -0.3 is 24.4 Å². The smallest absolute Gasteiger partial charge is 0.290 e. The Morgan fingerprint density at radius 2 is 2.00 bits per heavy atom. The lowest BCUT2D eigenvalue weighted by Crippen LogP contribution is -2.48. The molecule has 1 aromatic carbocycles. The molecular formula is C17H18F2N2O6. The lowest BCUT2D eigenvalue weighted by molar-refractivity contribution is -0.136. The topological polar surface area (TPSA) is 96.4 Å². The van der Waals surface area contributed by atoms with E-state index in [-0.39, 0.29) is 24.4 Å². The number of halogens is 2. The molecule has 0 saturated carbocycles. The van der Waals surface area contributed by atoms with E-state index in [9.17, 15) is 18.4 Å². The summed E-state index contributed by atoms with van der Waals surface area (Å²) in [5.41, 5.74) is -0.872. The van der Waals surface area contributed by atoms with Gasteiger partial charge in [0.15, 0.2) is 23.1 Å². The number of carbonyl (C=O) groups excluding carboxylic acids is 2. The van der Waals surface area contributed by atoms with Gasteiger partial charge in [0.2, 0.25) is 5.91 Å². The zero-order chi connectivity index (χ0) is 19.8. The van der Waals surface area contributed by atoms with Gasteiger partial charge in [-0.2, -0.15) is 0 Å². The first-order valence-electron chi connectivity index (χ1n) is 8.26. The van der Waals surface area contributed by atoms with Gasteiger partial charge in [-0.25, -0.2) is 8.78 Å². The Balaban J connectivity index is 0.000000659. The van der Waals surface area contributed by atoms with Crippen molar-refractivity contribution in [2.24, 2.45) is 0 Å². The van der Waals surface area contributed by atoms with Crippen LogP contribution in [0.25, 0.3) is 0 Å². The SMILES string of the molecule is COc1c(F)cc(C(=O)N2CC[C@@]34OCCN3C(=O)C[C@@H]24)cc1F.O=CO. The number of benzene rings is 1. The highest BCUT2D eigenvalue weighted by molar-refractivity contribution is 5.96. The molecule has 3 heterocycles. The molecule has 1 spiro atoms. The van der Waals surface area contributed by atoms with Crippen molar-refractivity contribution < 1.29 is 37.7 Å². The van der Waals surface area contributed by atoms with E-state index in [0.29, 0.717) is 26.1 Å². The second kappa shape index (κ2) is 7.10. The maximum atomic E-state index is 13.9. The zero-order valence-electron chi connectivity index (χ0n) is 14.5. The average molecular weight is 384 g/mol. The van der Waals surface area contributed by atoms with Gasteiger partial charge in [0, 0.05) is 25.1 Å². The highest BCUT2D eigenvalue weighted by Gasteiger charge is 2.62. The number of carboxylic acid groups (broad SMARTS) is 1. The minimum Gasteiger partial charge on any atom is -0.491 e. The van der Waals surface area contributed by atoms with Crippen molar-refractivity contribution in [1.29, 1.82) is 0 Å². The van der Waals surface area contributed by atoms with Crippen LogP contribution in [0.2, 0.25) is 0 Å². The van der Waals surface area contributed by atoms with Crippen molar-refractivity contribution in [3.8, 4) is 5.75 Å². The molecule has 0 bridgehead atoms. The van der Waals surface area contributed by atoms with Crippen LogP contribution in [-0.4, -0.2) is 71.8 Å². The Labute approximate surface area is 153 Å². The zero-order valence-corrected chi connectivity index (χ0v) is 14.5. The first kappa shape index (κ1) is 19.0. The molecule has 1 aromatic rings. The van der Waals surface area contributed by atoms with Crippen LogP contribution in [-0.2, 0) is 14.3 Å². The molecule has 27 heavy (non-hydrogen) atoms. The van der Waals surface area contributed by atoms with Crippen LogP contribution in [0.15, 0.2) is 12.1 Å². The van der Waals surface area contributed by atoms with Gasteiger partial charge in [-0.1, -0.05) is 0 Å². The molecule has 4 rings (SSSR count). The summed E-state index contributed by atoms with van der Waals surface area (Å²) in [4.78, 5) is 36.4. The van der Waals surface area contributed by atoms with E-state index in [1.165, 1.54) is 4.90 Å². The third kappa shape index (κ3) is 2.89. The Kier molecular flexibility index (Phi) is 5.01. The Morgan fingerprint density at radius 3 is 2.59 bits per heavy atom. The van der Waals surface area contributed by atoms with Crippen LogP contribution in [0.4, 0.5) is 8.78 Å². The molecule has 146 valence electrons. The molecule has 2 amide bonds. The van der Waals surface area contributed by atoms with E-state index in [0.717, 1.165) is 19.2 Å². The van der Waals surface area contributed by atoms with Crippen LogP contribution < -0.4 is 4.74 Å². The van der Waals surface area contributed by atoms with Crippen molar-refractivity contribution in [3.05, 3.63) is 29.3 Å². The number of nitrogens with zero attached hydrogens (tertiary/aromatic N) is 2. The molecule has 0 aliphatic carbocycles. The summed E-state index contributed by atoms with van der Waals surface area (Å²) in [6.07, 6.45) is 0.684. The highest BCUT2D eigenvalue weighted by Crippen LogP contribution is 2.46.